The molecular weight excluding hydrogens is 518 g/mol. The van der Waals surface area contributed by atoms with Crippen molar-refractivity contribution in [2.75, 3.05) is 0 Å². The van der Waals surface area contributed by atoms with E-state index < -0.39 is 6.04 Å². The number of hydrogen-bond donors (Lipinski definition) is 2. The summed E-state index contributed by atoms with van der Waals surface area (Å²) >= 11 is 2.92. The van der Waals surface area contributed by atoms with Crippen LogP contribution in [0.15, 0.2) is 51.8 Å². The summed E-state index contributed by atoms with van der Waals surface area (Å²) in [6.45, 7) is 2.46. The lowest BCUT2D eigenvalue weighted by Gasteiger charge is -2.29. The van der Waals surface area contributed by atoms with Crippen LogP contribution in [0, 0.1) is 0 Å². The van der Waals surface area contributed by atoms with Gasteiger partial charge in [0.1, 0.15) is 11.9 Å². The molecule has 0 radical (unpaired) electrons. The fourth-order valence-corrected chi connectivity index (χ4v) is 6.69. The number of carbonyl (C=O) groups excluding carboxylic acids is 3. The third-order valence-corrected chi connectivity index (χ3v) is 9.29. The van der Waals surface area contributed by atoms with Gasteiger partial charge in [0.25, 0.3) is 5.91 Å². The number of rotatable bonds is 9. The maximum atomic E-state index is 13.6. The van der Waals surface area contributed by atoms with Crippen molar-refractivity contribution in [3.05, 3.63) is 52.2 Å². The van der Waals surface area contributed by atoms with Crippen molar-refractivity contribution >= 4 is 57.5 Å². The number of benzene rings is 1. The number of amidine groups is 2. The van der Waals surface area contributed by atoms with Crippen LogP contribution in [0.5, 0.6) is 0 Å². The molecule has 2 aromatic rings. The van der Waals surface area contributed by atoms with Crippen LogP contribution in [-0.2, 0) is 20.9 Å². The standard InChI is InChI=1S/C28H33N5O3S2/c1-2-23(26(35)30-18-9-4-3-5-10-18)38-28-32-21-13-7-6-12-20(21)25-31-22(27(36)33(25)28)14-15-24(34)29-17-19-11-8-16-37-19/h6-8,11-13,16,18,22-23H,2-5,9-10,14-15,17H2,1H3,(H,29,34)(H,30,35)/t22-,23-/m0/s1. The second kappa shape index (κ2) is 12.3. The van der Waals surface area contributed by atoms with Crippen LogP contribution >= 0.6 is 23.1 Å². The van der Waals surface area contributed by atoms with E-state index in [1.807, 2.05) is 48.7 Å². The molecule has 38 heavy (non-hydrogen) atoms. The van der Waals surface area contributed by atoms with Gasteiger partial charge >= 0.3 is 0 Å². The van der Waals surface area contributed by atoms with Gasteiger partial charge in [0, 0.05) is 22.9 Å². The summed E-state index contributed by atoms with van der Waals surface area (Å²) in [4.78, 5) is 51.4. The third-order valence-electron chi connectivity index (χ3n) is 7.09. The van der Waals surface area contributed by atoms with E-state index in [4.69, 9.17) is 9.98 Å². The number of thiophene rings is 1. The Morgan fingerprint density at radius 2 is 1.97 bits per heavy atom. The van der Waals surface area contributed by atoms with Crippen molar-refractivity contribution in [1.82, 2.24) is 15.5 Å². The zero-order valence-corrected chi connectivity index (χ0v) is 23.2. The summed E-state index contributed by atoms with van der Waals surface area (Å²) < 4.78 is 0. The van der Waals surface area contributed by atoms with Crippen LogP contribution in [0.2, 0.25) is 0 Å². The molecule has 2 N–H and O–H groups in total. The highest BCUT2D eigenvalue weighted by atomic mass is 32.2. The first-order valence-corrected chi connectivity index (χ1v) is 15.2. The fraction of sp³-hybridized carbons (Fsp3) is 0.464. The summed E-state index contributed by atoms with van der Waals surface area (Å²) in [5.74, 6) is 0.240. The topological polar surface area (TPSA) is 103 Å². The van der Waals surface area contributed by atoms with Crippen LogP contribution in [0.4, 0.5) is 5.69 Å². The molecule has 0 bridgehead atoms. The molecular formula is C28H33N5O3S2. The summed E-state index contributed by atoms with van der Waals surface area (Å²) in [5, 5.41) is 8.22. The van der Waals surface area contributed by atoms with E-state index in [0.29, 0.717) is 30.4 Å². The summed E-state index contributed by atoms with van der Waals surface area (Å²) in [6, 6.07) is 11.1. The number of thioether (sulfide) groups is 1. The lowest BCUT2D eigenvalue weighted by molar-refractivity contribution is -0.125. The van der Waals surface area contributed by atoms with Gasteiger partial charge < -0.3 is 10.6 Å². The number of carbonyl (C=O) groups is 3. The Morgan fingerprint density at radius 1 is 1.16 bits per heavy atom. The van der Waals surface area contributed by atoms with E-state index >= 15 is 0 Å². The number of aliphatic imine (C=N–C) groups is 2. The van der Waals surface area contributed by atoms with Gasteiger partial charge in [0.15, 0.2) is 5.17 Å². The Labute approximate surface area is 231 Å². The lowest BCUT2D eigenvalue weighted by Crippen LogP contribution is -2.45. The first-order valence-electron chi connectivity index (χ1n) is 13.4. The Bertz CT molecular complexity index is 1240. The van der Waals surface area contributed by atoms with E-state index in [1.165, 1.54) is 18.2 Å². The van der Waals surface area contributed by atoms with Crippen molar-refractivity contribution in [1.29, 1.82) is 0 Å². The van der Waals surface area contributed by atoms with Gasteiger partial charge in [-0.15, -0.1) is 11.3 Å². The van der Waals surface area contributed by atoms with Crippen LogP contribution in [0.25, 0.3) is 0 Å². The molecule has 3 heterocycles. The first kappa shape index (κ1) is 26.6. The maximum Gasteiger partial charge on any atom is 0.259 e. The molecule has 3 amide bonds. The largest absolute Gasteiger partial charge is 0.352 e. The van der Waals surface area contributed by atoms with Crippen LogP contribution in [-0.4, -0.2) is 51.0 Å². The fourth-order valence-electron chi connectivity index (χ4n) is 5.01. The van der Waals surface area contributed by atoms with E-state index in [2.05, 4.69) is 10.6 Å². The van der Waals surface area contributed by atoms with Crippen molar-refractivity contribution in [2.45, 2.75) is 82.2 Å². The lowest BCUT2D eigenvalue weighted by atomic mass is 9.95. The van der Waals surface area contributed by atoms with E-state index in [9.17, 15) is 14.4 Å². The number of fused-ring (bicyclic) bond motifs is 3. The number of nitrogens with zero attached hydrogens (tertiary/aromatic N) is 3. The second-order valence-corrected chi connectivity index (χ2v) is 12.0. The summed E-state index contributed by atoms with van der Waals surface area (Å²) in [5.41, 5.74) is 1.52. The normalized spacial score (nSPS) is 19.8. The Morgan fingerprint density at radius 3 is 2.74 bits per heavy atom. The number of para-hydroxylation sites is 1. The van der Waals surface area contributed by atoms with Gasteiger partial charge in [-0.1, -0.05) is 56.1 Å². The Balaban J connectivity index is 1.28. The quantitative estimate of drug-likeness (QED) is 0.469. The Hall–Kier alpha value is -2.98. The molecule has 1 aliphatic carbocycles. The van der Waals surface area contributed by atoms with E-state index in [-0.39, 0.29) is 35.4 Å². The minimum Gasteiger partial charge on any atom is -0.352 e. The zero-order valence-electron chi connectivity index (χ0n) is 21.5. The van der Waals surface area contributed by atoms with Crippen molar-refractivity contribution in [2.24, 2.45) is 9.98 Å². The molecule has 3 aliphatic rings. The number of hydrogen-bond acceptors (Lipinski definition) is 7. The van der Waals surface area contributed by atoms with Crippen molar-refractivity contribution in [3.63, 3.8) is 0 Å². The molecule has 200 valence electrons. The van der Waals surface area contributed by atoms with Crippen molar-refractivity contribution < 1.29 is 14.4 Å². The molecule has 1 aromatic carbocycles. The predicted molar refractivity (Wildman–Crippen MR) is 153 cm³/mol. The highest BCUT2D eigenvalue weighted by molar-refractivity contribution is 8.15. The molecule has 2 atom stereocenters. The minimum absolute atomic E-state index is 0.00458. The zero-order chi connectivity index (χ0) is 26.5. The Kier molecular flexibility index (Phi) is 8.58. The van der Waals surface area contributed by atoms with Crippen LogP contribution in [0.1, 0.15) is 68.7 Å². The molecule has 0 spiro atoms. The summed E-state index contributed by atoms with van der Waals surface area (Å²) in [7, 11) is 0. The number of amides is 3. The predicted octanol–water partition coefficient (Wildman–Crippen LogP) is 4.76. The smallest absolute Gasteiger partial charge is 0.259 e. The van der Waals surface area contributed by atoms with E-state index in [0.717, 1.165) is 41.8 Å². The molecule has 0 unspecified atom stereocenters. The monoisotopic (exact) mass is 551 g/mol. The van der Waals surface area contributed by atoms with Gasteiger partial charge in [-0.3, -0.25) is 19.4 Å². The molecule has 0 saturated heterocycles. The van der Waals surface area contributed by atoms with Crippen LogP contribution < -0.4 is 10.6 Å². The summed E-state index contributed by atoms with van der Waals surface area (Å²) in [6.07, 6.45) is 6.69. The van der Waals surface area contributed by atoms with Gasteiger partial charge in [0.05, 0.1) is 17.5 Å². The molecule has 8 nitrogen and oxygen atoms in total. The van der Waals surface area contributed by atoms with Gasteiger partial charge in [-0.25, -0.2) is 9.89 Å². The van der Waals surface area contributed by atoms with Gasteiger partial charge in [0.2, 0.25) is 11.8 Å². The maximum absolute atomic E-state index is 13.6. The first-order chi connectivity index (χ1) is 18.5. The highest BCUT2D eigenvalue weighted by Crippen LogP contribution is 2.36. The molecule has 1 fully saturated rings. The molecule has 2 aliphatic heterocycles. The molecule has 1 saturated carbocycles. The average Bonchev–Trinajstić information content (AvgIpc) is 3.58. The molecule has 1 aromatic heterocycles. The van der Waals surface area contributed by atoms with E-state index in [1.54, 1.807) is 16.2 Å². The SMILES string of the molecule is CC[C@H](SC1=Nc2ccccc2C2=N[C@@H](CCC(=O)NCc3cccs3)C(=O)N12)C(=O)NC1CCCCC1. The second-order valence-electron chi connectivity index (χ2n) is 9.81. The van der Waals surface area contributed by atoms with Gasteiger partial charge in [-0.2, -0.15) is 0 Å². The molecule has 10 heteroatoms. The molecule has 5 rings (SSSR count). The highest BCUT2D eigenvalue weighted by Gasteiger charge is 2.42. The van der Waals surface area contributed by atoms with Crippen molar-refractivity contribution in [3.8, 4) is 0 Å². The van der Waals surface area contributed by atoms with Crippen LogP contribution in [0.3, 0.4) is 0 Å². The number of nitrogens with one attached hydrogen (secondary N) is 2. The van der Waals surface area contributed by atoms with Gasteiger partial charge in [-0.05, 0) is 49.3 Å². The average molecular weight is 552 g/mol. The minimum atomic E-state index is -0.661. The third kappa shape index (κ3) is 6.02.